The minimum atomic E-state index is -4.87. The van der Waals surface area contributed by atoms with E-state index < -0.39 is 29.1 Å². The van der Waals surface area contributed by atoms with Crippen molar-refractivity contribution in [2.75, 3.05) is 20.2 Å². The molecule has 9 heteroatoms. The maximum atomic E-state index is 13.5. The van der Waals surface area contributed by atoms with Crippen LogP contribution in [0.15, 0.2) is 18.2 Å². The van der Waals surface area contributed by atoms with Gasteiger partial charge in [-0.3, -0.25) is 4.79 Å². The van der Waals surface area contributed by atoms with Gasteiger partial charge in [0.1, 0.15) is 11.4 Å². The Balaban J connectivity index is 1.48. The number of piperidine rings is 1. The van der Waals surface area contributed by atoms with Crippen LogP contribution in [0.1, 0.15) is 57.6 Å². The summed E-state index contributed by atoms with van der Waals surface area (Å²) in [4.78, 5) is 28.9. The molecule has 5 unspecified atom stereocenters. The highest BCUT2D eigenvalue weighted by atomic mass is 19.4. The molecule has 36 heavy (non-hydrogen) atoms. The summed E-state index contributed by atoms with van der Waals surface area (Å²) in [6, 6.07) is 5.51. The Labute approximate surface area is 209 Å². The van der Waals surface area contributed by atoms with Gasteiger partial charge in [0.2, 0.25) is 0 Å². The number of hydrogen-bond acceptors (Lipinski definition) is 4. The van der Waals surface area contributed by atoms with Gasteiger partial charge in [-0.2, -0.15) is 13.2 Å². The summed E-state index contributed by atoms with van der Waals surface area (Å²) in [5.41, 5.74) is 1.01. The van der Waals surface area contributed by atoms with Crippen molar-refractivity contribution in [3.05, 3.63) is 29.3 Å². The number of ether oxygens (including phenoxy) is 2. The second kappa shape index (κ2) is 7.32. The minimum absolute atomic E-state index is 0.0259. The lowest BCUT2D eigenvalue weighted by atomic mass is 9.43. The van der Waals surface area contributed by atoms with Gasteiger partial charge < -0.3 is 19.3 Å². The fourth-order valence-corrected chi connectivity index (χ4v) is 9.05. The smallest absolute Gasteiger partial charge is 0.471 e. The molecule has 0 aromatic heterocycles. The highest BCUT2D eigenvalue weighted by Gasteiger charge is 2.77. The van der Waals surface area contributed by atoms with Gasteiger partial charge in [0, 0.05) is 36.0 Å². The summed E-state index contributed by atoms with van der Waals surface area (Å²) in [6.07, 6.45) is -1.92. The first-order valence-electron chi connectivity index (χ1n) is 12.9. The summed E-state index contributed by atoms with van der Waals surface area (Å²) < 4.78 is 52.0. The van der Waals surface area contributed by atoms with Crippen LogP contribution in [0.2, 0.25) is 0 Å². The van der Waals surface area contributed by atoms with E-state index in [1.807, 2.05) is 37.8 Å². The molecule has 0 spiro atoms. The molecule has 2 aliphatic heterocycles. The standard InChI is InChI=1S/C27H33F3N2O4/c1-24(2,3)36-23(34)31-10-9-26-18-12-17(35-4)6-5-15(18)11-20(31)25(26)8-7-19-21(26)16(13-25)14-32(19)22(33)27(28,29)30/h5-6,12,16,19-21H,7-11,13-14H2,1-4H3/t16-,19?,20?,21?,25?,26?/m1/s1. The van der Waals surface area contributed by atoms with Crippen LogP contribution >= 0.6 is 0 Å². The third kappa shape index (κ3) is 2.97. The molecule has 1 aromatic rings. The molecular weight excluding hydrogens is 473 g/mol. The summed E-state index contributed by atoms with van der Waals surface area (Å²) in [7, 11) is 1.62. The molecule has 6 rings (SSSR count). The zero-order valence-corrected chi connectivity index (χ0v) is 21.2. The lowest BCUT2D eigenvalue weighted by Gasteiger charge is -2.66. The van der Waals surface area contributed by atoms with Crippen LogP contribution in [0.4, 0.5) is 18.0 Å². The van der Waals surface area contributed by atoms with Crippen molar-refractivity contribution in [3.8, 4) is 5.75 Å². The van der Waals surface area contributed by atoms with Crippen LogP contribution in [0.25, 0.3) is 0 Å². The molecule has 6 nitrogen and oxygen atoms in total. The first-order valence-corrected chi connectivity index (χ1v) is 12.9. The van der Waals surface area contributed by atoms with Gasteiger partial charge in [0.25, 0.3) is 0 Å². The van der Waals surface area contributed by atoms with E-state index in [1.165, 1.54) is 0 Å². The molecule has 2 saturated heterocycles. The van der Waals surface area contributed by atoms with Gasteiger partial charge in [0.05, 0.1) is 7.11 Å². The van der Waals surface area contributed by atoms with E-state index in [0.29, 0.717) is 32.2 Å². The molecule has 2 saturated carbocycles. The molecule has 5 aliphatic rings. The summed E-state index contributed by atoms with van der Waals surface area (Å²) in [5.74, 6) is -1.07. The van der Waals surface area contributed by atoms with E-state index in [1.54, 1.807) is 7.11 Å². The number of methoxy groups -OCH3 is 1. The van der Waals surface area contributed by atoms with E-state index in [4.69, 9.17) is 9.47 Å². The maximum Gasteiger partial charge on any atom is 0.471 e. The molecule has 4 bridgehead atoms. The third-order valence-corrected chi connectivity index (χ3v) is 9.83. The number of rotatable bonds is 1. The fraction of sp³-hybridized carbons (Fsp3) is 0.704. The number of benzene rings is 1. The zero-order valence-electron chi connectivity index (χ0n) is 21.2. The largest absolute Gasteiger partial charge is 0.497 e. The lowest BCUT2D eigenvalue weighted by molar-refractivity contribution is -0.189. The lowest BCUT2D eigenvalue weighted by Crippen LogP contribution is -2.70. The molecule has 6 atom stereocenters. The number of alkyl halides is 3. The Bertz CT molecular complexity index is 1130. The minimum Gasteiger partial charge on any atom is -0.497 e. The topological polar surface area (TPSA) is 59.1 Å². The quantitative estimate of drug-likeness (QED) is 0.555. The number of fused-ring (bicyclic) bond motifs is 1. The number of nitrogens with zero attached hydrogens (tertiary/aromatic N) is 2. The first-order chi connectivity index (χ1) is 16.8. The van der Waals surface area contributed by atoms with E-state index in [-0.39, 0.29) is 35.9 Å². The van der Waals surface area contributed by atoms with E-state index in [2.05, 4.69) is 6.07 Å². The van der Waals surface area contributed by atoms with Crippen molar-refractivity contribution in [1.82, 2.24) is 9.80 Å². The molecule has 0 radical (unpaired) electrons. The van der Waals surface area contributed by atoms with Crippen LogP contribution < -0.4 is 4.74 Å². The predicted octanol–water partition coefficient (Wildman–Crippen LogP) is 4.69. The van der Waals surface area contributed by atoms with Gasteiger partial charge in [0.15, 0.2) is 0 Å². The Morgan fingerprint density at radius 2 is 1.86 bits per heavy atom. The van der Waals surface area contributed by atoms with Crippen molar-refractivity contribution in [1.29, 1.82) is 0 Å². The number of carbonyl (C=O) groups is 2. The zero-order chi connectivity index (χ0) is 25.8. The van der Waals surface area contributed by atoms with Crippen LogP contribution in [0, 0.1) is 17.3 Å². The van der Waals surface area contributed by atoms with Gasteiger partial charge in [-0.25, -0.2) is 4.79 Å². The van der Waals surface area contributed by atoms with Crippen molar-refractivity contribution in [3.63, 3.8) is 0 Å². The molecule has 0 N–H and O–H groups in total. The molecule has 2 amide bonds. The average Bonchev–Trinajstić information content (AvgIpc) is 3.22. The summed E-state index contributed by atoms with van der Waals surface area (Å²) >= 11 is 0. The summed E-state index contributed by atoms with van der Waals surface area (Å²) in [5, 5.41) is 0. The molecule has 196 valence electrons. The van der Waals surface area contributed by atoms with Crippen LogP contribution in [0.3, 0.4) is 0 Å². The van der Waals surface area contributed by atoms with Gasteiger partial charge in [-0.15, -0.1) is 0 Å². The number of amides is 2. The van der Waals surface area contributed by atoms with Gasteiger partial charge in [-0.1, -0.05) is 6.07 Å². The highest BCUT2D eigenvalue weighted by molar-refractivity contribution is 5.83. The van der Waals surface area contributed by atoms with Crippen LogP contribution in [-0.4, -0.2) is 65.9 Å². The monoisotopic (exact) mass is 506 g/mol. The van der Waals surface area contributed by atoms with Crippen molar-refractivity contribution < 1.29 is 32.2 Å². The van der Waals surface area contributed by atoms with Crippen LogP contribution in [0.5, 0.6) is 5.75 Å². The molecular formula is C27H33F3N2O4. The van der Waals surface area contributed by atoms with Crippen LogP contribution in [-0.2, 0) is 21.4 Å². The molecule has 4 fully saturated rings. The number of likely N-dealkylation sites (tertiary alicyclic amines) is 2. The van der Waals surface area contributed by atoms with Crippen molar-refractivity contribution in [2.24, 2.45) is 17.3 Å². The van der Waals surface area contributed by atoms with Crippen molar-refractivity contribution in [2.45, 2.75) is 82.2 Å². The predicted molar refractivity (Wildman–Crippen MR) is 125 cm³/mol. The Morgan fingerprint density at radius 1 is 1.11 bits per heavy atom. The second-order valence-corrected chi connectivity index (χ2v) is 12.3. The Morgan fingerprint density at radius 3 is 2.53 bits per heavy atom. The third-order valence-electron chi connectivity index (χ3n) is 9.83. The average molecular weight is 507 g/mol. The molecule has 1 aromatic carbocycles. The maximum absolute atomic E-state index is 13.5. The van der Waals surface area contributed by atoms with E-state index in [0.717, 1.165) is 28.2 Å². The molecule has 3 aliphatic carbocycles. The van der Waals surface area contributed by atoms with E-state index >= 15 is 0 Å². The SMILES string of the molecule is COc1ccc2c(c1)C13CCN(C(=O)OC(C)(C)C)C(C2)C12CCC1C3[C@@H](CN1C(=O)C(F)(F)F)C2. The highest BCUT2D eigenvalue weighted by Crippen LogP contribution is 2.75. The number of hydrogen-bond donors (Lipinski definition) is 0. The van der Waals surface area contributed by atoms with Gasteiger partial charge >= 0.3 is 18.2 Å². The van der Waals surface area contributed by atoms with E-state index in [9.17, 15) is 22.8 Å². The number of halogens is 3. The van der Waals surface area contributed by atoms with Gasteiger partial charge in [-0.05, 0) is 88.0 Å². The Kier molecular flexibility index (Phi) is 4.86. The van der Waals surface area contributed by atoms with Crippen molar-refractivity contribution >= 4 is 12.0 Å². The number of carbonyl (C=O) groups excluding carboxylic acids is 2. The fourth-order valence-electron chi connectivity index (χ4n) is 9.05. The second-order valence-electron chi connectivity index (χ2n) is 12.3. The first kappa shape index (κ1) is 23.9. The molecule has 2 heterocycles. The Hall–Kier alpha value is -2.45. The normalized spacial score (nSPS) is 36.3. The summed E-state index contributed by atoms with van der Waals surface area (Å²) in [6.45, 7) is 6.20.